The molecule has 0 bridgehead atoms. The molecule has 2 aliphatic rings. The molecule has 0 aliphatic carbocycles. The second-order valence-corrected chi connectivity index (χ2v) is 9.28. The van der Waals surface area contributed by atoms with Gasteiger partial charge in [-0.15, -0.1) is 0 Å². The van der Waals surface area contributed by atoms with Gasteiger partial charge in [0.15, 0.2) is 0 Å². The van der Waals surface area contributed by atoms with Crippen LogP contribution < -0.4 is 10.2 Å². The zero-order valence-electron chi connectivity index (χ0n) is 17.4. The van der Waals surface area contributed by atoms with Crippen LogP contribution in [0.1, 0.15) is 28.9 Å². The van der Waals surface area contributed by atoms with E-state index in [1.54, 1.807) is 16.8 Å². The molecule has 32 heavy (non-hydrogen) atoms. The van der Waals surface area contributed by atoms with Crippen molar-refractivity contribution in [1.29, 1.82) is 0 Å². The first-order chi connectivity index (χ1) is 15.2. The Kier molecular flexibility index (Phi) is 6.43. The maximum absolute atomic E-state index is 12.9. The number of ether oxygens (including phenoxy) is 1. The van der Waals surface area contributed by atoms with Crippen LogP contribution in [-0.4, -0.2) is 32.8 Å². The summed E-state index contributed by atoms with van der Waals surface area (Å²) in [6, 6.07) is 5.13. The topological polar surface area (TPSA) is 63.0 Å². The van der Waals surface area contributed by atoms with Crippen LogP contribution >= 0.6 is 0 Å². The van der Waals surface area contributed by atoms with Gasteiger partial charge in [-0.2, -0.15) is 13.2 Å². The Balaban J connectivity index is 1.33. The summed E-state index contributed by atoms with van der Waals surface area (Å²) in [6.45, 7) is 2.12. The average molecular weight is 468 g/mol. The quantitative estimate of drug-likeness (QED) is 0.647. The van der Waals surface area contributed by atoms with E-state index in [0.29, 0.717) is 44.1 Å². The van der Waals surface area contributed by atoms with Crippen molar-refractivity contribution in [2.75, 3.05) is 19.4 Å². The van der Waals surface area contributed by atoms with Crippen molar-refractivity contribution in [2.24, 2.45) is 5.92 Å². The zero-order valence-corrected chi connectivity index (χ0v) is 18.2. The van der Waals surface area contributed by atoms with Crippen molar-refractivity contribution in [3.8, 4) is 5.75 Å². The third-order valence-corrected chi connectivity index (χ3v) is 6.55. The van der Waals surface area contributed by atoms with Crippen LogP contribution in [0, 0.1) is 5.92 Å². The van der Waals surface area contributed by atoms with Crippen molar-refractivity contribution >= 4 is 11.0 Å². The number of benzene rings is 1. The second-order valence-electron chi connectivity index (χ2n) is 7.97. The minimum absolute atomic E-state index is 0.110. The van der Waals surface area contributed by atoms with E-state index in [-0.39, 0.29) is 17.1 Å². The summed E-state index contributed by atoms with van der Waals surface area (Å²) in [6.07, 6.45) is 3.00. The smallest absolute Gasteiger partial charge is 0.416 e. The predicted molar refractivity (Wildman–Crippen MR) is 113 cm³/mol. The van der Waals surface area contributed by atoms with Gasteiger partial charge in [0, 0.05) is 44.1 Å². The molecule has 0 spiro atoms. The Hall–Kier alpha value is -2.59. The van der Waals surface area contributed by atoms with Crippen LogP contribution in [0.25, 0.3) is 0 Å². The molecular weight excluding hydrogens is 445 g/mol. The Labute approximate surface area is 185 Å². The molecule has 1 aromatic heterocycles. The van der Waals surface area contributed by atoms with E-state index in [2.05, 4.69) is 0 Å². The van der Waals surface area contributed by atoms with Crippen LogP contribution in [0.5, 0.6) is 5.75 Å². The first-order valence-corrected chi connectivity index (χ1v) is 11.6. The average Bonchev–Trinajstić information content (AvgIpc) is 3.14. The lowest BCUT2D eigenvalue weighted by molar-refractivity contribution is -0.137. The van der Waals surface area contributed by atoms with E-state index in [4.69, 9.17) is 9.15 Å². The minimum atomic E-state index is -4.37. The molecule has 0 radical (unpaired) electrons. The van der Waals surface area contributed by atoms with Crippen LogP contribution in [-0.2, 0) is 36.8 Å². The summed E-state index contributed by atoms with van der Waals surface area (Å²) in [5, 5.41) is 0. The van der Waals surface area contributed by atoms with Crippen molar-refractivity contribution in [1.82, 2.24) is 9.21 Å². The van der Waals surface area contributed by atoms with Gasteiger partial charge in [-0.3, -0.25) is 14.0 Å². The molecule has 0 amide bonds. The van der Waals surface area contributed by atoms with Crippen LogP contribution in [0.2, 0.25) is 0 Å². The highest BCUT2D eigenvalue weighted by molar-refractivity contribution is 7.81. The van der Waals surface area contributed by atoms with Crippen LogP contribution in [0.15, 0.2) is 52.0 Å². The number of nitrogens with zero attached hydrogens (tertiary/aromatic N) is 2. The van der Waals surface area contributed by atoms with Gasteiger partial charge in [0.05, 0.1) is 18.7 Å². The number of fused-ring (bicyclic) bond motifs is 1. The van der Waals surface area contributed by atoms with E-state index >= 15 is 0 Å². The minimum Gasteiger partial charge on any atom is -0.486 e. The Morgan fingerprint density at radius 1 is 1.22 bits per heavy atom. The van der Waals surface area contributed by atoms with Crippen molar-refractivity contribution in [2.45, 2.75) is 32.2 Å². The molecule has 0 saturated heterocycles. The number of alkyl halides is 3. The predicted octanol–water partition coefficient (Wildman–Crippen LogP) is 3.68. The second kappa shape index (κ2) is 9.11. The van der Waals surface area contributed by atoms with Crippen LogP contribution in [0.3, 0.4) is 0 Å². The Morgan fingerprint density at radius 2 is 2.00 bits per heavy atom. The molecule has 0 N–H and O–H groups in total. The lowest BCUT2D eigenvalue weighted by Crippen LogP contribution is -2.28. The van der Waals surface area contributed by atoms with E-state index < -0.39 is 22.7 Å². The normalized spacial score (nSPS) is 19.8. The third-order valence-electron chi connectivity index (χ3n) is 5.58. The third kappa shape index (κ3) is 5.24. The molecule has 2 atom stereocenters. The Bertz CT molecular complexity index is 1100. The van der Waals surface area contributed by atoms with Gasteiger partial charge in [-0.25, -0.2) is 4.21 Å². The van der Waals surface area contributed by atoms with E-state index in [1.165, 1.54) is 24.5 Å². The van der Waals surface area contributed by atoms with Gasteiger partial charge in [0.1, 0.15) is 23.0 Å². The fourth-order valence-electron chi connectivity index (χ4n) is 3.83. The van der Waals surface area contributed by atoms with E-state index in [0.717, 1.165) is 18.1 Å². The fourth-order valence-corrected chi connectivity index (χ4v) is 4.44. The fraction of sp³-hybridized carbons (Fsp3) is 0.409. The summed E-state index contributed by atoms with van der Waals surface area (Å²) in [4.78, 5) is 14.3. The molecule has 3 heterocycles. The molecule has 2 aromatic rings. The monoisotopic (exact) mass is 468 g/mol. The van der Waals surface area contributed by atoms with Gasteiger partial charge in [0.2, 0.25) is 11.2 Å². The van der Waals surface area contributed by atoms with Gasteiger partial charge in [-0.1, -0.05) is 12.1 Å². The molecule has 0 fully saturated rings. The summed E-state index contributed by atoms with van der Waals surface area (Å²) < 4.78 is 63.1. The lowest BCUT2D eigenvalue weighted by Gasteiger charge is -2.25. The molecule has 10 heteroatoms. The summed E-state index contributed by atoms with van der Waals surface area (Å²) in [7, 11) is -1.05. The number of halogens is 3. The summed E-state index contributed by atoms with van der Waals surface area (Å²) >= 11 is 0. The van der Waals surface area contributed by atoms with Crippen molar-refractivity contribution in [3.63, 3.8) is 0 Å². The van der Waals surface area contributed by atoms with Crippen molar-refractivity contribution < 1.29 is 26.5 Å². The highest BCUT2D eigenvalue weighted by Crippen LogP contribution is 2.33. The molecule has 1 aromatic carbocycles. The lowest BCUT2D eigenvalue weighted by atomic mass is 10.1. The highest BCUT2D eigenvalue weighted by atomic mass is 32.2. The van der Waals surface area contributed by atoms with Crippen LogP contribution in [0.4, 0.5) is 13.2 Å². The largest absolute Gasteiger partial charge is 0.486 e. The van der Waals surface area contributed by atoms with Crippen molar-refractivity contribution in [3.05, 3.63) is 75.5 Å². The van der Waals surface area contributed by atoms with E-state index in [1.807, 2.05) is 11.0 Å². The molecule has 2 unspecified atom stereocenters. The maximum Gasteiger partial charge on any atom is 0.416 e. The Morgan fingerprint density at radius 3 is 2.66 bits per heavy atom. The van der Waals surface area contributed by atoms with Gasteiger partial charge in [-0.05, 0) is 29.7 Å². The first-order valence-electron chi connectivity index (χ1n) is 10.1. The van der Waals surface area contributed by atoms with Gasteiger partial charge in [0.25, 0.3) is 0 Å². The molecule has 172 valence electrons. The first kappa shape index (κ1) is 22.6. The molecular formula is C22H23F3N2O4S. The molecule has 6 nitrogen and oxygen atoms in total. The number of rotatable bonds is 6. The van der Waals surface area contributed by atoms with E-state index in [9.17, 15) is 22.2 Å². The van der Waals surface area contributed by atoms with Gasteiger partial charge < -0.3 is 9.15 Å². The SMILES string of the molecule is CS(=O)N1C=CC(COc2coc(CN3Cc4ccc(C(F)(F)F)cc4C3)cc2=O)CC1. The standard InChI is InChI=1S/C22H23F3N2O4S/c1-32(29)27-6-4-15(5-7-27)13-31-21-14-30-19(9-20(21)28)12-26-10-16-2-3-18(22(23,24)25)8-17(16)11-26/h2-4,6,8-9,14-15H,5,7,10-13H2,1H3. The highest BCUT2D eigenvalue weighted by Gasteiger charge is 2.32. The molecule has 2 aliphatic heterocycles. The number of hydrogen-bond acceptors (Lipinski definition) is 5. The summed E-state index contributed by atoms with van der Waals surface area (Å²) in [5.74, 6) is 0.645. The number of hydrogen-bond donors (Lipinski definition) is 0. The summed E-state index contributed by atoms with van der Waals surface area (Å²) in [5.41, 5.74) is 0.507. The maximum atomic E-state index is 12.9. The molecule has 4 rings (SSSR count). The zero-order chi connectivity index (χ0) is 22.9. The molecule has 0 saturated carbocycles. The van der Waals surface area contributed by atoms with Gasteiger partial charge >= 0.3 is 6.18 Å².